The second kappa shape index (κ2) is 7.28. The molecule has 1 aromatic carbocycles. The molecule has 5 nitrogen and oxygen atoms in total. The Bertz CT molecular complexity index is 620. The van der Waals surface area contributed by atoms with Gasteiger partial charge in [0.1, 0.15) is 0 Å². The smallest absolute Gasteiger partial charge is 0.335 e. The molecule has 1 aromatic heterocycles. The van der Waals surface area contributed by atoms with Crippen molar-refractivity contribution in [2.75, 3.05) is 13.6 Å². The molecule has 1 heterocycles. The maximum atomic E-state index is 10.9. The molecular weight excluding hydrogens is 334 g/mol. The maximum absolute atomic E-state index is 10.9. The third-order valence-electron chi connectivity index (χ3n) is 3.11. The van der Waals surface area contributed by atoms with E-state index in [1.807, 2.05) is 13.1 Å². The van der Waals surface area contributed by atoms with Crippen LogP contribution in [0.5, 0.6) is 0 Å². The summed E-state index contributed by atoms with van der Waals surface area (Å²) in [5, 5.41) is 8.95. The summed E-state index contributed by atoms with van der Waals surface area (Å²) in [7, 11) is 2.02. The highest BCUT2D eigenvalue weighted by molar-refractivity contribution is 9.10. The zero-order valence-electron chi connectivity index (χ0n) is 11.7. The zero-order chi connectivity index (χ0) is 15.2. The van der Waals surface area contributed by atoms with E-state index >= 15 is 0 Å². The first kappa shape index (κ1) is 15.6. The van der Waals surface area contributed by atoms with Crippen molar-refractivity contribution < 1.29 is 9.90 Å². The molecule has 0 spiro atoms. The van der Waals surface area contributed by atoms with Gasteiger partial charge in [0.15, 0.2) is 0 Å². The molecule has 2 aromatic rings. The molecule has 2 rings (SSSR count). The first-order valence-electron chi connectivity index (χ1n) is 6.51. The average molecular weight is 350 g/mol. The number of likely N-dealkylation sites (N-methyl/N-ethyl adjacent to an activating group) is 1. The van der Waals surface area contributed by atoms with Gasteiger partial charge in [-0.2, -0.15) is 0 Å². The van der Waals surface area contributed by atoms with Crippen molar-refractivity contribution in [3.8, 4) is 0 Å². The minimum absolute atomic E-state index is 0.285. The number of rotatable bonds is 6. The van der Waals surface area contributed by atoms with Crippen molar-refractivity contribution in [1.29, 1.82) is 0 Å². The molecule has 21 heavy (non-hydrogen) atoms. The lowest BCUT2D eigenvalue weighted by Gasteiger charge is -2.17. The van der Waals surface area contributed by atoms with E-state index in [0.29, 0.717) is 0 Å². The van der Waals surface area contributed by atoms with E-state index in [0.717, 1.165) is 35.2 Å². The molecule has 0 aliphatic rings. The third kappa shape index (κ3) is 4.61. The fourth-order valence-electron chi connectivity index (χ4n) is 1.94. The Morgan fingerprint density at radius 1 is 1.38 bits per heavy atom. The van der Waals surface area contributed by atoms with Crippen molar-refractivity contribution in [3.05, 3.63) is 58.1 Å². The van der Waals surface area contributed by atoms with Gasteiger partial charge in [0.25, 0.3) is 0 Å². The van der Waals surface area contributed by atoms with E-state index < -0.39 is 5.97 Å². The predicted octanol–water partition coefficient (Wildman–Crippen LogP) is 2.61. The molecule has 0 saturated carbocycles. The summed E-state index contributed by atoms with van der Waals surface area (Å²) in [5.74, 6) is -0.918. The van der Waals surface area contributed by atoms with Crippen molar-refractivity contribution in [3.63, 3.8) is 0 Å². The van der Waals surface area contributed by atoms with Gasteiger partial charge in [0, 0.05) is 42.6 Å². The number of nitrogens with zero attached hydrogens (tertiary/aromatic N) is 3. The van der Waals surface area contributed by atoms with Crippen molar-refractivity contribution in [2.24, 2.45) is 0 Å². The Hall–Kier alpha value is -1.79. The van der Waals surface area contributed by atoms with Crippen LogP contribution in [0.3, 0.4) is 0 Å². The summed E-state index contributed by atoms with van der Waals surface area (Å²) in [6, 6.07) is 5.10. The molecule has 0 aliphatic carbocycles. The first-order valence-corrected chi connectivity index (χ1v) is 7.30. The van der Waals surface area contributed by atoms with Crippen LogP contribution < -0.4 is 0 Å². The number of aromatic carboxylic acids is 1. The molecule has 0 aliphatic heterocycles. The highest BCUT2D eigenvalue weighted by atomic mass is 79.9. The van der Waals surface area contributed by atoms with Gasteiger partial charge in [-0.3, -0.25) is 9.97 Å². The number of halogens is 1. The molecule has 6 heteroatoms. The molecule has 110 valence electrons. The number of hydrogen-bond donors (Lipinski definition) is 1. The summed E-state index contributed by atoms with van der Waals surface area (Å²) >= 11 is 3.43. The molecule has 1 N–H and O–H groups in total. The number of carboxylic acid groups (broad SMARTS) is 1. The second-order valence-corrected chi connectivity index (χ2v) is 5.65. The van der Waals surface area contributed by atoms with E-state index in [1.165, 1.54) is 0 Å². The van der Waals surface area contributed by atoms with Crippen molar-refractivity contribution in [2.45, 2.75) is 13.0 Å². The summed E-state index contributed by atoms with van der Waals surface area (Å²) < 4.78 is 0.814. The van der Waals surface area contributed by atoms with E-state index in [-0.39, 0.29) is 5.56 Å². The Morgan fingerprint density at radius 3 is 2.81 bits per heavy atom. The van der Waals surface area contributed by atoms with E-state index in [2.05, 4.69) is 30.8 Å². The van der Waals surface area contributed by atoms with Crippen LogP contribution in [0.15, 0.2) is 41.3 Å². The normalized spacial score (nSPS) is 10.8. The number of carboxylic acids is 1. The number of hydrogen-bond acceptors (Lipinski definition) is 4. The molecule has 0 amide bonds. The molecule has 0 bridgehead atoms. The Morgan fingerprint density at radius 2 is 2.19 bits per heavy atom. The van der Waals surface area contributed by atoms with E-state index in [4.69, 9.17) is 5.11 Å². The fourth-order valence-corrected chi connectivity index (χ4v) is 2.45. The van der Waals surface area contributed by atoms with Crippen LogP contribution >= 0.6 is 15.9 Å². The maximum Gasteiger partial charge on any atom is 0.335 e. The van der Waals surface area contributed by atoms with Crippen LogP contribution in [0.25, 0.3) is 0 Å². The van der Waals surface area contributed by atoms with Gasteiger partial charge in [0.05, 0.1) is 11.3 Å². The largest absolute Gasteiger partial charge is 0.478 e. The SMILES string of the molecule is CN(CCc1cnccn1)Cc1ccc(C(=O)O)cc1Br. The standard InChI is InChI=1S/C15H16BrN3O2/c1-19(7-4-13-9-17-5-6-18-13)10-12-3-2-11(15(20)21)8-14(12)16/h2-3,5-6,8-9H,4,7,10H2,1H3,(H,20,21). The molecule has 0 unspecified atom stereocenters. The molecular formula is C15H16BrN3O2. The quantitative estimate of drug-likeness (QED) is 0.868. The third-order valence-corrected chi connectivity index (χ3v) is 3.84. The minimum atomic E-state index is -0.918. The number of carbonyl (C=O) groups is 1. The van der Waals surface area contributed by atoms with Crippen LogP contribution in [0.4, 0.5) is 0 Å². The van der Waals surface area contributed by atoms with Crippen LogP contribution in [0, 0.1) is 0 Å². The van der Waals surface area contributed by atoms with Gasteiger partial charge in [-0.05, 0) is 24.7 Å². The van der Waals surface area contributed by atoms with Gasteiger partial charge < -0.3 is 10.0 Å². The Labute approximate surface area is 131 Å². The van der Waals surface area contributed by atoms with Crippen molar-refractivity contribution >= 4 is 21.9 Å². The Balaban J connectivity index is 1.93. The lowest BCUT2D eigenvalue weighted by molar-refractivity contribution is 0.0697. The second-order valence-electron chi connectivity index (χ2n) is 4.80. The minimum Gasteiger partial charge on any atom is -0.478 e. The van der Waals surface area contributed by atoms with Crippen molar-refractivity contribution in [1.82, 2.24) is 14.9 Å². The topological polar surface area (TPSA) is 66.3 Å². The summed E-state index contributed by atoms with van der Waals surface area (Å²) in [6.07, 6.45) is 5.95. The van der Waals surface area contributed by atoms with Gasteiger partial charge in [-0.25, -0.2) is 4.79 Å². The monoisotopic (exact) mass is 349 g/mol. The van der Waals surface area contributed by atoms with Crippen LogP contribution in [-0.2, 0) is 13.0 Å². The molecule has 0 atom stereocenters. The fraction of sp³-hybridized carbons (Fsp3) is 0.267. The van der Waals surface area contributed by atoms with Crippen LogP contribution in [-0.4, -0.2) is 39.5 Å². The highest BCUT2D eigenvalue weighted by Gasteiger charge is 2.09. The summed E-state index contributed by atoms with van der Waals surface area (Å²) in [6.45, 7) is 1.59. The number of aromatic nitrogens is 2. The predicted molar refractivity (Wildman–Crippen MR) is 83.2 cm³/mol. The molecule has 0 radical (unpaired) electrons. The lowest BCUT2D eigenvalue weighted by Crippen LogP contribution is -2.21. The molecule has 0 saturated heterocycles. The van der Waals surface area contributed by atoms with Crippen LogP contribution in [0.1, 0.15) is 21.6 Å². The van der Waals surface area contributed by atoms with E-state index in [9.17, 15) is 4.79 Å². The summed E-state index contributed by atoms with van der Waals surface area (Å²) in [4.78, 5) is 21.3. The van der Waals surface area contributed by atoms with E-state index in [1.54, 1.807) is 30.7 Å². The zero-order valence-corrected chi connectivity index (χ0v) is 13.2. The van der Waals surface area contributed by atoms with Gasteiger partial charge in [-0.15, -0.1) is 0 Å². The van der Waals surface area contributed by atoms with Gasteiger partial charge in [-0.1, -0.05) is 22.0 Å². The number of benzene rings is 1. The van der Waals surface area contributed by atoms with Gasteiger partial charge in [0.2, 0.25) is 0 Å². The first-order chi connectivity index (χ1) is 10.1. The Kier molecular flexibility index (Phi) is 5.41. The highest BCUT2D eigenvalue weighted by Crippen LogP contribution is 2.20. The summed E-state index contributed by atoms with van der Waals surface area (Å²) in [5.41, 5.74) is 2.30. The average Bonchev–Trinajstić information content (AvgIpc) is 2.48. The van der Waals surface area contributed by atoms with Crippen LogP contribution in [0.2, 0.25) is 0 Å². The molecule has 0 fully saturated rings. The van der Waals surface area contributed by atoms with Gasteiger partial charge >= 0.3 is 5.97 Å². The lowest BCUT2D eigenvalue weighted by atomic mass is 10.1.